The fourth-order valence-electron chi connectivity index (χ4n) is 2.47. The van der Waals surface area contributed by atoms with Crippen LogP contribution in [0.25, 0.3) is 0 Å². The molecule has 1 unspecified atom stereocenters. The van der Waals surface area contributed by atoms with Gasteiger partial charge in [0, 0.05) is 0 Å². The van der Waals surface area contributed by atoms with Gasteiger partial charge in [0.05, 0.1) is 6.04 Å². The minimum Gasteiger partial charge on any atom is -0.465 e. The summed E-state index contributed by atoms with van der Waals surface area (Å²) >= 11 is 0. The molecule has 1 aromatic heterocycles. The number of aryl methyl sites for hydroxylation is 1. The van der Waals surface area contributed by atoms with Crippen LogP contribution in [0.15, 0.2) is 16.5 Å². The van der Waals surface area contributed by atoms with Gasteiger partial charge in [-0.05, 0) is 64.4 Å². The van der Waals surface area contributed by atoms with Gasteiger partial charge in [0.25, 0.3) is 0 Å². The van der Waals surface area contributed by atoms with Crippen molar-refractivity contribution in [3.05, 3.63) is 23.7 Å². The molecule has 1 aromatic rings. The highest BCUT2D eigenvalue weighted by molar-refractivity contribution is 5.09. The number of rotatable bonds is 4. The van der Waals surface area contributed by atoms with Gasteiger partial charge in [0.1, 0.15) is 11.5 Å². The van der Waals surface area contributed by atoms with E-state index in [4.69, 9.17) is 4.42 Å². The van der Waals surface area contributed by atoms with Crippen LogP contribution in [0.2, 0.25) is 0 Å². The molecule has 2 rings (SSSR count). The maximum Gasteiger partial charge on any atom is 0.121 e. The zero-order chi connectivity index (χ0) is 11.4. The second-order valence-electron chi connectivity index (χ2n) is 4.72. The van der Waals surface area contributed by atoms with Crippen molar-refractivity contribution in [2.45, 2.75) is 32.2 Å². The molecule has 1 atom stereocenters. The first-order valence-corrected chi connectivity index (χ1v) is 6.24. The molecule has 0 amide bonds. The zero-order valence-corrected chi connectivity index (χ0v) is 10.3. The molecule has 2 heterocycles. The molecule has 0 aromatic carbocycles. The van der Waals surface area contributed by atoms with Gasteiger partial charge < -0.3 is 15.1 Å². The first-order valence-electron chi connectivity index (χ1n) is 6.24. The van der Waals surface area contributed by atoms with E-state index in [1.165, 1.54) is 19.3 Å². The van der Waals surface area contributed by atoms with Crippen LogP contribution in [0.1, 0.15) is 36.8 Å². The molecular weight excluding hydrogens is 200 g/mol. The second kappa shape index (κ2) is 5.51. The lowest BCUT2D eigenvalue weighted by atomic mass is 9.90. The maximum absolute atomic E-state index is 5.70. The summed E-state index contributed by atoms with van der Waals surface area (Å²) in [5.74, 6) is 2.91. The van der Waals surface area contributed by atoms with Crippen LogP contribution >= 0.6 is 0 Å². The molecule has 1 aliphatic heterocycles. The Kier molecular flexibility index (Phi) is 4.02. The van der Waals surface area contributed by atoms with Crippen LogP contribution in [-0.2, 0) is 0 Å². The molecule has 2 N–H and O–H groups in total. The quantitative estimate of drug-likeness (QED) is 0.820. The average Bonchev–Trinajstić information content (AvgIpc) is 2.74. The van der Waals surface area contributed by atoms with E-state index in [0.717, 1.165) is 30.5 Å². The zero-order valence-electron chi connectivity index (χ0n) is 10.3. The molecule has 1 aliphatic rings. The molecule has 1 fully saturated rings. The lowest BCUT2D eigenvalue weighted by molar-refractivity contribution is 0.295. The van der Waals surface area contributed by atoms with Crippen LogP contribution in [0.4, 0.5) is 0 Å². The summed E-state index contributed by atoms with van der Waals surface area (Å²) in [6.07, 6.45) is 3.76. The van der Waals surface area contributed by atoms with E-state index in [1.54, 1.807) is 0 Å². The molecule has 16 heavy (non-hydrogen) atoms. The molecule has 3 nitrogen and oxygen atoms in total. The third kappa shape index (κ3) is 2.86. The lowest BCUT2D eigenvalue weighted by Gasteiger charge is -2.26. The van der Waals surface area contributed by atoms with E-state index >= 15 is 0 Å². The topological polar surface area (TPSA) is 37.2 Å². The highest BCUT2D eigenvalue weighted by Crippen LogP contribution is 2.27. The van der Waals surface area contributed by atoms with Gasteiger partial charge in [-0.2, -0.15) is 0 Å². The average molecular weight is 222 g/mol. The molecule has 0 saturated carbocycles. The largest absolute Gasteiger partial charge is 0.465 e. The van der Waals surface area contributed by atoms with Gasteiger partial charge >= 0.3 is 0 Å². The van der Waals surface area contributed by atoms with Crippen molar-refractivity contribution >= 4 is 0 Å². The van der Waals surface area contributed by atoms with E-state index in [-0.39, 0.29) is 0 Å². The number of hydrogen-bond donors (Lipinski definition) is 2. The summed E-state index contributed by atoms with van der Waals surface area (Å²) in [4.78, 5) is 0. The van der Waals surface area contributed by atoms with Gasteiger partial charge in [0.15, 0.2) is 0 Å². The Morgan fingerprint density at radius 3 is 2.75 bits per heavy atom. The Morgan fingerprint density at radius 1 is 1.44 bits per heavy atom. The van der Waals surface area contributed by atoms with E-state index in [2.05, 4.69) is 16.7 Å². The fourth-order valence-corrected chi connectivity index (χ4v) is 2.47. The predicted molar refractivity (Wildman–Crippen MR) is 65.5 cm³/mol. The highest BCUT2D eigenvalue weighted by Gasteiger charge is 2.20. The van der Waals surface area contributed by atoms with Crippen molar-refractivity contribution in [3.63, 3.8) is 0 Å². The third-order valence-electron chi connectivity index (χ3n) is 3.48. The van der Waals surface area contributed by atoms with Crippen LogP contribution in [0.3, 0.4) is 0 Å². The minimum absolute atomic E-state index is 0.372. The number of nitrogens with one attached hydrogen (secondary N) is 2. The van der Waals surface area contributed by atoms with Crippen molar-refractivity contribution in [1.29, 1.82) is 0 Å². The second-order valence-corrected chi connectivity index (χ2v) is 4.72. The van der Waals surface area contributed by atoms with E-state index in [1.807, 2.05) is 20.0 Å². The van der Waals surface area contributed by atoms with E-state index < -0.39 is 0 Å². The Bertz CT molecular complexity index is 315. The maximum atomic E-state index is 5.70. The van der Waals surface area contributed by atoms with E-state index in [0.29, 0.717) is 6.04 Å². The summed E-state index contributed by atoms with van der Waals surface area (Å²) < 4.78 is 5.70. The van der Waals surface area contributed by atoms with Crippen LogP contribution in [0.5, 0.6) is 0 Å². The van der Waals surface area contributed by atoms with Crippen LogP contribution in [-0.4, -0.2) is 20.1 Å². The van der Waals surface area contributed by atoms with Gasteiger partial charge in [-0.1, -0.05) is 0 Å². The molecule has 0 spiro atoms. The lowest BCUT2D eigenvalue weighted by Crippen LogP contribution is -2.30. The summed E-state index contributed by atoms with van der Waals surface area (Å²) in [7, 11) is 2.02. The van der Waals surface area contributed by atoms with Crippen molar-refractivity contribution in [2.24, 2.45) is 5.92 Å². The summed E-state index contributed by atoms with van der Waals surface area (Å²) in [5, 5.41) is 6.77. The number of furan rings is 1. The van der Waals surface area contributed by atoms with Crippen LogP contribution < -0.4 is 10.6 Å². The van der Waals surface area contributed by atoms with Crippen LogP contribution in [0, 0.1) is 12.8 Å². The summed E-state index contributed by atoms with van der Waals surface area (Å²) in [5.41, 5.74) is 0. The monoisotopic (exact) mass is 222 g/mol. The molecule has 0 radical (unpaired) electrons. The number of piperidine rings is 1. The predicted octanol–water partition coefficient (Wildman–Crippen LogP) is 2.24. The molecule has 0 bridgehead atoms. The Morgan fingerprint density at radius 2 is 2.19 bits per heavy atom. The Labute approximate surface area is 97.6 Å². The standard InChI is InChI=1S/C13H22N2O/c1-10-3-4-13(16-10)12(14-2)9-11-5-7-15-8-6-11/h3-4,11-12,14-15H,5-9H2,1-2H3. The highest BCUT2D eigenvalue weighted by atomic mass is 16.3. The summed E-state index contributed by atoms with van der Waals surface area (Å²) in [6, 6.07) is 4.51. The first kappa shape index (κ1) is 11.7. The van der Waals surface area contributed by atoms with Gasteiger partial charge in [-0.25, -0.2) is 0 Å². The van der Waals surface area contributed by atoms with Crippen molar-refractivity contribution < 1.29 is 4.42 Å². The molecule has 0 aliphatic carbocycles. The van der Waals surface area contributed by atoms with Gasteiger partial charge in [0.2, 0.25) is 0 Å². The first-order chi connectivity index (χ1) is 7.79. The minimum atomic E-state index is 0.372. The van der Waals surface area contributed by atoms with Gasteiger partial charge in [-0.3, -0.25) is 0 Å². The normalized spacial score (nSPS) is 19.9. The Balaban J connectivity index is 1.94. The molecular formula is C13H22N2O. The third-order valence-corrected chi connectivity index (χ3v) is 3.48. The molecule has 3 heteroatoms. The SMILES string of the molecule is CNC(CC1CCNCC1)c1ccc(C)o1. The molecule has 1 saturated heterocycles. The number of hydrogen-bond acceptors (Lipinski definition) is 3. The smallest absolute Gasteiger partial charge is 0.121 e. The van der Waals surface area contributed by atoms with Gasteiger partial charge in [-0.15, -0.1) is 0 Å². The summed E-state index contributed by atoms with van der Waals surface area (Å²) in [6.45, 7) is 4.33. The van der Waals surface area contributed by atoms with Crippen molar-refractivity contribution in [2.75, 3.05) is 20.1 Å². The Hall–Kier alpha value is -0.800. The van der Waals surface area contributed by atoms with E-state index in [9.17, 15) is 0 Å². The van der Waals surface area contributed by atoms with Crippen molar-refractivity contribution in [3.8, 4) is 0 Å². The van der Waals surface area contributed by atoms with Crippen molar-refractivity contribution in [1.82, 2.24) is 10.6 Å². The molecule has 90 valence electrons. The fraction of sp³-hybridized carbons (Fsp3) is 0.692.